The van der Waals surface area contributed by atoms with Crippen LogP contribution in [0, 0.1) is 11.3 Å². The molecule has 3 rings (SSSR count). The number of hydrogen-bond acceptors (Lipinski definition) is 7. The summed E-state index contributed by atoms with van der Waals surface area (Å²) in [6.45, 7) is 6.55. The fourth-order valence-electron chi connectivity index (χ4n) is 3.27. The van der Waals surface area contributed by atoms with Crippen molar-refractivity contribution in [2.24, 2.45) is 0 Å². The van der Waals surface area contributed by atoms with Crippen LogP contribution in [0.25, 0.3) is 22.0 Å². The van der Waals surface area contributed by atoms with E-state index in [9.17, 15) is 10.1 Å². The van der Waals surface area contributed by atoms with E-state index in [1.54, 1.807) is 37.5 Å². The van der Waals surface area contributed by atoms with Crippen molar-refractivity contribution in [1.82, 2.24) is 15.5 Å². The number of nitrogen functional groups attached to an aromatic ring is 1. The molecule has 1 aromatic heterocycles. The predicted octanol–water partition coefficient (Wildman–Crippen LogP) is 3.85. The van der Waals surface area contributed by atoms with Crippen molar-refractivity contribution in [2.75, 3.05) is 26.0 Å². The maximum atomic E-state index is 12.5. The third kappa shape index (κ3) is 4.47. The SMILES string of the molecule is C=CCCNC(=O)c1nnc2c(-c3ccc(OC)cc3OCCC)c(C#N)ccc2c1N. The van der Waals surface area contributed by atoms with Crippen molar-refractivity contribution >= 4 is 22.5 Å². The Labute approximate surface area is 186 Å². The Balaban J connectivity index is 2.19. The molecule has 0 aliphatic rings. The van der Waals surface area contributed by atoms with Crippen LogP contribution < -0.4 is 20.5 Å². The lowest BCUT2D eigenvalue weighted by atomic mass is 9.95. The van der Waals surface area contributed by atoms with Crippen LogP contribution in [-0.4, -0.2) is 36.4 Å². The third-order valence-electron chi connectivity index (χ3n) is 4.86. The number of nitrogens with zero attached hydrogens (tertiary/aromatic N) is 3. The lowest BCUT2D eigenvalue weighted by molar-refractivity contribution is 0.0949. The van der Waals surface area contributed by atoms with Gasteiger partial charge in [-0.25, -0.2) is 0 Å². The van der Waals surface area contributed by atoms with E-state index >= 15 is 0 Å². The standard InChI is InChI=1S/C24H25N5O3/c1-4-6-11-27-24(30)23-21(26)18-9-7-15(14-25)20(22(18)28-29-23)17-10-8-16(31-3)13-19(17)32-12-5-2/h4,7-10,13H,1,5-6,11-12H2,2-3H3,(H2,26,28)(H,27,30). The molecule has 0 radical (unpaired) electrons. The molecular weight excluding hydrogens is 406 g/mol. The number of rotatable bonds is 9. The van der Waals surface area contributed by atoms with Crippen LogP contribution in [-0.2, 0) is 0 Å². The van der Waals surface area contributed by atoms with E-state index in [-0.39, 0.29) is 11.4 Å². The number of hydrogen-bond donors (Lipinski definition) is 2. The fourth-order valence-corrected chi connectivity index (χ4v) is 3.27. The molecule has 0 atom stereocenters. The van der Waals surface area contributed by atoms with Crippen molar-refractivity contribution in [2.45, 2.75) is 19.8 Å². The van der Waals surface area contributed by atoms with E-state index in [1.807, 2.05) is 13.0 Å². The smallest absolute Gasteiger partial charge is 0.273 e. The second-order valence-corrected chi connectivity index (χ2v) is 7.00. The number of fused-ring (bicyclic) bond motifs is 1. The van der Waals surface area contributed by atoms with E-state index < -0.39 is 5.91 Å². The summed E-state index contributed by atoms with van der Waals surface area (Å²) in [5, 5.41) is 21.4. The number of nitrogens with two attached hydrogens (primary N) is 1. The molecule has 0 aliphatic carbocycles. The van der Waals surface area contributed by atoms with Crippen LogP contribution in [0.3, 0.4) is 0 Å². The summed E-state index contributed by atoms with van der Waals surface area (Å²) in [5.74, 6) is 0.769. The minimum Gasteiger partial charge on any atom is -0.497 e. The molecule has 0 unspecified atom stereocenters. The topological polar surface area (TPSA) is 123 Å². The molecular formula is C24H25N5O3. The van der Waals surface area contributed by atoms with Gasteiger partial charge in [0.25, 0.3) is 5.91 Å². The number of carbonyl (C=O) groups is 1. The molecule has 3 N–H and O–H groups in total. The van der Waals surface area contributed by atoms with Gasteiger partial charge < -0.3 is 20.5 Å². The number of nitrogens with one attached hydrogen (secondary N) is 1. The first kappa shape index (κ1) is 22.6. The number of amides is 1. The van der Waals surface area contributed by atoms with Gasteiger partial charge >= 0.3 is 0 Å². The number of methoxy groups -OCH3 is 1. The molecule has 0 bridgehead atoms. The van der Waals surface area contributed by atoms with Crippen molar-refractivity contribution in [3.63, 3.8) is 0 Å². The second kappa shape index (κ2) is 10.3. The maximum Gasteiger partial charge on any atom is 0.273 e. The van der Waals surface area contributed by atoms with Crippen LogP contribution in [0.1, 0.15) is 35.8 Å². The average Bonchev–Trinajstić information content (AvgIpc) is 2.82. The average molecular weight is 431 g/mol. The summed E-state index contributed by atoms with van der Waals surface area (Å²) >= 11 is 0. The summed E-state index contributed by atoms with van der Waals surface area (Å²) in [6, 6.07) is 10.9. The van der Waals surface area contributed by atoms with Gasteiger partial charge in [-0.15, -0.1) is 16.8 Å². The first-order chi connectivity index (χ1) is 15.5. The number of carbonyl (C=O) groups excluding carboxylic acids is 1. The lowest BCUT2D eigenvalue weighted by Crippen LogP contribution is -2.26. The van der Waals surface area contributed by atoms with Gasteiger partial charge in [0, 0.05) is 29.1 Å². The highest BCUT2D eigenvalue weighted by Gasteiger charge is 2.21. The van der Waals surface area contributed by atoms with Crippen molar-refractivity contribution in [3.05, 3.63) is 54.2 Å². The first-order valence-corrected chi connectivity index (χ1v) is 10.2. The molecule has 1 heterocycles. The quantitative estimate of drug-likeness (QED) is 0.389. The highest BCUT2D eigenvalue weighted by atomic mass is 16.5. The van der Waals surface area contributed by atoms with E-state index in [0.29, 0.717) is 58.7 Å². The Hall–Kier alpha value is -4.12. The van der Waals surface area contributed by atoms with E-state index in [0.717, 1.165) is 6.42 Å². The van der Waals surface area contributed by atoms with Gasteiger partial charge in [-0.05, 0) is 37.1 Å². The minimum atomic E-state index is -0.416. The van der Waals surface area contributed by atoms with Gasteiger partial charge in [0.05, 0.1) is 31.0 Å². The van der Waals surface area contributed by atoms with Crippen LogP contribution in [0.2, 0.25) is 0 Å². The Morgan fingerprint density at radius 2 is 2.12 bits per heavy atom. The first-order valence-electron chi connectivity index (χ1n) is 10.2. The molecule has 2 aromatic carbocycles. The summed E-state index contributed by atoms with van der Waals surface area (Å²) in [6.07, 6.45) is 3.15. The minimum absolute atomic E-state index is 0.0365. The van der Waals surface area contributed by atoms with Crippen molar-refractivity contribution < 1.29 is 14.3 Å². The van der Waals surface area contributed by atoms with E-state index in [2.05, 4.69) is 28.2 Å². The van der Waals surface area contributed by atoms with Crippen molar-refractivity contribution in [1.29, 1.82) is 5.26 Å². The Morgan fingerprint density at radius 3 is 2.81 bits per heavy atom. The molecule has 1 amide bonds. The monoisotopic (exact) mass is 431 g/mol. The summed E-state index contributed by atoms with van der Waals surface area (Å²) in [5.41, 5.74) is 8.55. The molecule has 0 saturated heterocycles. The summed E-state index contributed by atoms with van der Waals surface area (Å²) in [7, 11) is 1.57. The van der Waals surface area contributed by atoms with Crippen LogP contribution in [0.4, 0.5) is 5.69 Å². The molecule has 164 valence electrons. The fraction of sp³-hybridized carbons (Fsp3) is 0.250. The number of benzene rings is 2. The van der Waals surface area contributed by atoms with Gasteiger partial charge in [0.15, 0.2) is 5.69 Å². The number of anilines is 1. The van der Waals surface area contributed by atoms with Crippen LogP contribution in [0.5, 0.6) is 11.5 Å². The highest BCUT2D eigenvalue weighted by molar-refractivity contribution is 6.08. The summed E-state index contributed by atoms with van der Waals surface area (Å²) in [4.78, 5) is 12.5. The third-order valence-corrected chi connectivity index (χ3v) is 4.86. The largest absolute Gasteiger partial charge is 0.497 e. The van der Waals surface area contributed by atoms with Gasteiger partial charge in [0.1, 0.15) is 17.0 Å². The number of nitriles is 1. The summed E-state index contributed by atoms with van der Waals surface area (Å²) < 4.78 is 11.3. The number of aromatic nitrogens is 2. The molecule has 8 nitrogen and oxygen atoms in total. The van der Waals surface area contributed by atoms with E-state index in [4.69, 9.17) is 15.2 Å². The molecule has 3 aromatic rings. The Bertz CT molecular complexity index is 1200. The zero-order valence-corrected chi connectivity index (χ0v) is 18.1. The van der Waals surface area contributed by atoms with Gasteiger partial charge in [0.2, 0.25) is 0 Å². The number of ether oxygens (including phenoxy) is 2. The zero-order chi connectivity index (χ0) is 23.1. The zero-order valence-electron chi connectivity index (χ0n) is 18.1. The molecule has 0 aliphatic heterocycles. The molecule has 8 heteroatoms. The maximum absolute atomic E-state index is 12.5. The van der Waals surface area contributed by atoms with Crippen LogP contribution >= 0.6 is 0 Å². The Morgan fingerprint density at radius 1 is 1.31 bits per heavy atom. The predicted molar refractivity (Wildman–Crippen MR) is 124 cm³/mol. The lowest BCUT2D eigenvalue weighted by Gasteiger charge is -2.16. The molecule has 0 saturated carbocycles. The van der Waals surface area contributed by atoms with Gasteiger partial charge in [-0.1, -0.05) is 13.0 Å². The Kier molecular flexibility index (Phi) is 7.24. The molecule has 0 spiro atoms. The second-order valence-electron chi connectivity index (χ2n) is 7.00. The van der Waals surface area contributed by atoms with Gasteiger partial charge in [-0.3, -0.25) is 4.79 Å². The van der Waals surface area contributed by atoms with Crippen LogP contribution in [0.15, 0.2) is 43.0 Å². The molecule has 0 fully saturated rings. The molecule has 32 heavy (non-hydrogen) atoms. The van der Waals surface area contributed by atoms with Gasteiger partial charge in [-0.2, -0.15) is 5.26 Å². The van der Waals surface area contributed by atoms with Crippen molar-refractivity contribution in [3.8, 4) is 28.7 Å². The normalized spacial score (nSPS) is 10.4. The van der Waals surface area contributed by atoms with E-state index in [1.165, 1.54) is 0 Å². The highest BCUT2D eigenvalue weighted by Crippen LogP contribution is 2.40.